The first-order chi connectivity index (χ1) is 32.2. The van der Waals surface area contributed by atoms with Crippen LogP contribution in [0.25, 0.3) is 0 Å². The van der Waals surface area contributed by atoms with Gasteiger partial charge in [-0.15, -0.1) is 0 Å². The van der Waals surface area contributed by atoms with Gasteiger partial charge < -0.3 is 33.2 Å². The average molecular weight is 947 g/mol. The number of carbonyl (C=O) groups excluding carboxylic acids is 1. The molecule has 2 aromatic heterocycles. The van der Waals surface area contributed by atoms with Crippen molar-refractivity contribution in [2.75, 3.05) is 41.2 Å². The van der Waals surface area contributed by atoms with E-state index in [1.54, 1.807) is 14.2 Å². The molecule has 0 saturated carbocycles. The fraction of sp³-hybridized carbons (Fsp3) is 0.413. The van der Waals surface area contributed by atoms with Gasteiger partial charge in [-0.2, -0.15) is 0 Å². The van der Waals surface area contributed by atoms with Gasteiger partial charge in [0.05, 0.1) is 34.0 Å². The standard InChI is InChI=1S/C46H51N4O16P/c1-27-23-49(44(54)47-41(27)52)38-22-35(36(64-38)25-60-46(30-11-7-6-8-12-30,31-13-17-33(57-3)18-14-31)32-15-19-34(58-4)20-16-32)66-67(56)61-21-9-10-29-24-50(45(55)48-42(29)53)43-40(59-5)39(63-28(2)51)37(65-43)26-62-67/h6-8,11-20,23-24,35-40,43H,9-10,21-22,25-26H2,1-5H3,(H,47,52,54)(H,48,53,55)/t35-,36+,37+,38+,39+,40+,43+,67?/m0/s1. The summed E-state index contributed by atoms with van der Waals surface area (Å²) in [6.45, 7) is 1.66. The molecule has 2 saturated heterocycles. The number of hydrogen-bond acceptors (Lipinski definition) is 16. The number of benzene rings is 3. The molecule has 8 rings (SSSR count). The lowest BCUT2D eigenvalue weighted by atomic mass is 9.80. The maximum Gasteiger partial charge on any atom is 0.475 e. The minimum Gasteiger partial charge on any atom is -0.497 e. The summed E-state index contributed by atoms with van der Waals surface area (Å²) < 4.78 is 78.2. The fourth-order valence-electron chi connectivity index (χ4n) is 8.63. The third-order valence-electron chi connectivity index (χ3n) is 12.0. The third kappa shape index (κ3) is 9.89. The Labute approximate surface area is 383 Å². The van der Waals surface area contributed by atoms with E-state index in [9.17, 15) is 24.0 Å². The normalized spacial score (nSPS) is 25.4. The van der Waals surface area contributed by atoms with Crippen LogP contribution < -0.4 is 32.0 Å². The Balaban J connectivity index is 1.18. The first-order valence-corrected chi connectivity index (χ1v) is 22.9. The first kappa shape index (κ1) is 47.5. The quantitative estimate of drug-likeness (QED) is 0.0963. The second-order valence-corrected chi connectivity index (χ2v) is 17.8. The summed E-state index contributed by atoms with van der Waals surface area (Å²) in [4.78, 5) is 68.8. The van der Waals surface area contributed by atoms with Crippen molar-refractivity contribution in [1.29, 1.82) is 0 Å². The molecule has 21 heteroatoms. The number of ether oxygens (including phenoxy) is 7. The van der Waals surface area contributed by atoms with Crippen molar-refractivity contribution >= 4 is 13.8 Å². The van der Waals surface area contributed by atoms with Gasteiger partial charge in [-0.25, -0.2) is 14.2 Å². The molecule has 5 aromatic rings. The van der Waals surface area contributed by atoms with E-state index >= 15 is 4.57 Å². The summed E-state index contributed by atoms with van der Waals surface area (Å²) in [6, 6.07) is 24.3. The molecule has 0 spiro atoms. The predicted octanol–water partition coefficient (Wildman–Crippen LogP) is 4.03. The van der Waals surface area contributed by atoms with E-state index in [0.29, 0.717) is 22.6 Å². The Kier molecular flexibility index (Phi) is 14.3. The summed E-state index contributed by atoms with van der Waals surface area (Å²) in [6.07, 6.45) is -5.26. The van der Waals surface area contributed by atoms with Crippen molar-refractivity contribution in [2.24, 2.45) is 0 Å². The average Bonchev–Trinajstić information content (AvgIpc) is 3.88. The molecule has 356 valence electrons. The molecule has 20 nitrogen and oxygen atoms in total. The van der Waals surface area contributed by atoms with Crippen molar-refractivity contribution in [3.63, 3.8) is 0 Å². The smallest absolute Gasteiger partial charge is 0.475 e. The highest BCUT2D eigenvalue weighted by molar-refractivity contribution is 7.48. The summed E-state index contributed by atoms with van der Waals surface area (Å²) in [5.74, 6) is 0.520. The van der Waals surface area contributed by atoms with Crippen LogP contribution in [0.15, 0.2) is 110 Å². The minimum absolute atomic E-state index is 0.0641. The maximum atomic E-state index is 15.1. The molecule has 4 bridgehead atoms. The lowest BCUT2D eigenvalue weighted by Gasteiger charge is -2.37. The molecular weight excluding hydrogens is 895 g/mol. The molecule has 2 N–H and O–H groups in total. The highest BCUT2D eigenvalue weighted by Crippen LogP contribution is 2.54. The van der Waals surface area contributed by atoms with Crippen molar-refractivity contribution < 1.29 is 56.1 Å². The Hall–Kier alpha value is -5.96. The number of aromatic amines is 2. The van der Waals surface area contributed by atoms with Crippen LogP contribution in [0.2, 0.25) is 0 Å². The number of rotatable bonds is 13. The first-order valence-electron chi connectivity index (χ1n) is 21.5. The second kappa shape index (κ2) is 20.1. The van der Waals surface area contributed by atoms with E-state index in [1.807, 2.05) is 78.9 Å². The van der Waals surface area contributed by atoms with E-state index < -0.39 is 91.5 Å². The van der Waals surface area contributed by atoms with Crippen LogP contribution in [0.3, 0.4) is 0 Å². The number of phosphoric acid groups is 1. The molecule has 3 aromatic carbocycles. The molecule has 3 aliphatic heterocycles. The van der Waals surface area contributed by atoms with Crippen LogP contribution in [-0.2, 0) is 58.6 Å². The molecule has 2 fully saturated rings. The number of hydrogen-bond donors (Lipinski definition) is 2. The van der Waals surface area contributed by atoms with Crippen LogP contribution in [0, 0.1) is 6.92 Å². The Morgan fingerprint density at radius 2 is 1.42 bits per heavy atom. The summed E-state index contributed by atoms with van der Waals surface area (Å²) in [7, 11) is -0.245. The molecule has 0 radical (unpaired) electrons. The molecule has 1 unspecified atom stereocenters. The highest BCUT2D eigenvalue weighted by atomic mass is 31.2. The van der Waals surface area contributed by atoms with Crippen LogP contribution in [0.1, 0.15) is 60.0 Å². The number of methoxy groups -OCH3 is 3. The van der Waals surface area contributed by atoms with Crippen LogP contribution in [0.5, 0.6) is 11.5 Å². The SMILES string of the molecule is COc1ccc(C(OC[C@H]2O[C@@H](n3cc(C)c(=O)[nH]c3=O)C[C@@H]2OP2(=O)OCCCc3cn(c(=O)[nH]c3=O)[C@@H]3O[C@H](CO2)[C@@H](OC(C)=O)[C@H]3OC)(c2ccccc2)c2ccc(OC)cc2)cc1. The topological polar surface area (TPSA) is 236 Å². The van der Waals surface area contributed by atoms with Gasteiger partial charge in [-0.05, 0) is 60.7 Å². The molecule has 5 heterocycles. The maximum absolute atomic E-state index is 15.1. The van der Waals surface area contributed by atoms with E-state index in [-0.39, 0.29) is 43.6 Å². The number of carbonyl (C=O) groups is 1. The van der Waals surface area contributed by atoms with Gasteiger partial charge in [0.2, 0.25) is 0 Å². The van der Waals surface area contributed by atoms with Crippen molar-refractivity contribution in [3.05, 3.63) is 161 Å². The lowest BCUT2D eigenvalue weighted by molar-refractivity contribution is -0.154. The number of esters is 1. The number of phosphoric ester groups is 1. The van der Waals surface area contributed by atoms with Gasteiger partial charge in [0.15, 0.2) is 12.3 Å². The number of aromatic nitrogens is 4. The van der Waals surface area contributed by atoms with Gasteiger partial charge in [-0.1, -0.05) is 54.6 Å². The van der Waals surface area contributed by atoms with Crippen LogP contribution in [-0.4, -0.2) is 96.7 Å². The summed E-state index contributed by atoms with van der Waals surface area (Å²) in [5.41, 5.74) is -1.55. The zero-order valence-electron chi connectivity index (χ0n) is 37.3. The van der Waals surface area contributed by atoms with Gasteiger partial charge >= 0.3 is 25.2 Å². The van der Waals surface area contributed by atoms with E-state index in [4.69, 9.17) is 46.7 Å². The van der Waals surface area contributed by atoms with Gasteiger partial charge in [-0.3, -0.25) is 47.1 Å². The molecule has 67 heavy (non-hydrogen) atoms. The Morgan fingerprint density at radius 1 is 0.791 bits per heavy atom. The Morgan fingerprint density at radius 3 is 2.04 bits per heavy atom. The number of aryl methyl sites for hydroxylation is 2. The van der Waals surface area contributed by atoms with E-state index in [2.05, 4.69) is 9.97 Å². The summed E-state index contributed by atoms with van der Waals surface area (Å²) in [5, 5.41) is 0. The van der Waals surface area contributed by atoms with E-state index in [0.717, 1.165) is 10.1 Å². The highest BCUT2D eigenvalue weighted by Gasteiger charge is 2.51. The molecule has 0 aliphatic carbocycles. The van der Waals surface area contributed by atoms with E-state index in [1.165, 1.54) is 37.9 Å². The second-order valence-electron chi connectivity index (χ2n) is 16.1. The molecule has 8 atom stereocenters. The van der Waals surface area contributed by atoms with Crippen molar-refractivity contribution in [1.82, 2.24) is 19.1 Å². The number of nitrogens with zero attached hydrogens (tertiary/aromatic N) is 2. The molecule has 3 aliphatic rings. The van der Waals surface area contributed by atoms with Crippen LogP contribution >= 0.6 is 7.82 Å². The Bertz CT molecular complexity index is 2780. The summed E-state index contributed by atoms with van der Waals surface area (Å²) >= 11 is 0. The van der Waals surface area contributed by atoms with Crippen molar-refractivity contribution in [2.45, 2.75) is 81.7 Å². The predicted molar refractivity (Wildman–Crippen MR) is 237 cm³/mol. The van der Waals surface area contributed by atoms with Gasteiger partial charge in [0, 0.05) is 44.0 Å². The van der Waals surface area contributed by atoms with Crippen LogP contribution in [0.4, 0.5) is 0 Å². The fourth-order valence-corrected chi connectivity index (χ4v) is 10.1. The zero-order valence-corrected chi connectivity index (χ0v) is 38.2. The number of fused-ring (bicyclic) bond motifs is 5. The zero-order chi connectivity index (χ0) is 47.5. The lowest BCUT2D eigenvalue weighted by Crippen LogP contribution is -2.41. The molecule has 0 amide bonds. The number of H-pyrrole nitrogens is 2. The number of nitrogens with one attached hydrogen (secondary N) is 2. The largest absolute Gasteiger partial charge is 0.497 e. The minimum atomic E-state index is -4.72. The monoisotopic (exact) mass is 946 g/mol. The van der Waals surface area contributed by atoms with Crippen molar-refractivity contribution in [3.8, 4) is 11.5 Å². The van der Waals surface area contributed by atoms with Gasteiger partial charge in [0.25, 0.3) is 11.1 Å². The molecular formula is C46H51N4O16P. The van der Waals surface area contributed by atoms with Gasteiger partial charge in [0.1, 0.15) is 47.7 Å². The third-order valence-corrected chi connectivity index (χ3v) is 13.4.